The maximum Gasteiger partial charge on any atom is 0.355 e. The molecule has 1 heterocycles. The molecule has 9 heteroatoms. The predicted octanol–water partition coefficient (Wildman–Crippen LogP) is 1.84. The van der Waals surface area contributed by atoms with Gasteiger partial charge < -0.3 is 14.5 Å². The van der Waals surface area contributed by atoms with Gasteiger partial charge in [-0.1, -0.05) is 6.07 Å². The normalized spacial score (nSPS) is 11.5. The number of hydrogen-bond donors (Lipinski definition) is 2. The van der Waals surface area contributed by atoms with E-state index >= 15 is 0 Å². The van der Waals surface area contributed by atoms with Crippen LogP contribution in [0.4, 0.5) is 0 Å². The molecule has 0 aliphatic heterocycles. The molecule has 0 saturated heterocycles. The molecule has 0 radical (unpaired) electrons. The third-order valence-electron chi connectivity index (χ3n) is 3.61. The minimum absolute atomic E-state index is 0.0540. The van der Waals surface area contributed by atoms with Gasteiger partial charge in [0.15, 0.2) is 0 Å². The standard InChI is InChI=1S/C16H19NO7S/c1-3-24-16(19)15-11(5-7-14(18)23-2)12-8-10(9-25(20,21)22)4-6-13(12)17-15/h4,6,8,17H,3,5,7,9H2,1-2H3,(H,20,21,22). The maximum atomic E-state index is 12.2. The van der Waals surface area contributed by atoms with Gasteiger partial charge in [-0.25, -0.2) is 4.79 Å². The number of aryl methyl sites for hydroxylation is 1. The Hall–Kier alpha value is -2.39. The average Bonchev–Trinajstić information content (AvgIpc) is 2.89. The molecule has 0 aliphatic rings. The van der Waals surface area contributed by atoms with Crippen LogP contribution in [0, 0.1) is 0 Å². The summed E-state index contributed by atoms with van der Waals surface area (Å²) in [4.78, 5) is 26.5. The smallest absolute Gasteiger partial charge is 0.355 e. The summed E-state index contributed by atoms with van der Waals surface area (Å²) in [7, 11) is -2.91. The molecule has 0 aliphatic carbocycles. The van der Waals surface area contributed by atoms with Crippen LogP contribution in [0.5, 0.6) is 0 Å². The van der Waals surface area contributed by atoms with Gasteiger partial charge in [0, 0.05) is 17.3 Å². The van der Waals surface area contributed by atoms with E-state index in [-0.39, 0.29) is 25.1 Å². The minimum Gasteiger partial charge on any atom is -0.469 e. The fourth-order valence-electron chi connectivity index (χ4n) is 2.56. The van der Waals surface area contributed by atoms with Crippen molar-refractivity contribution in [2.24, 2.45) is 0 Å². The van der Waals surface area contributed by atoms with Gasteiger partial charge in [-0.2, -0.15) is 8.42 Å². The summed E-state index contributed by atoms with van der Waals surface area (Å²) in [5.74, 6) is -1.53. The number of H-pyrrole nitrogens is 1. The lowest BCUT2D eigenvalue weighted by atomic mass is 10.0. The molecule has 1 aromatic heterocycles. The second-order valence-corrected chi connectivity index (χ2v) is 6.83. The minimum atomic E-state index is -4.18. The van der Waals surface area contributed by atoms with Gasteiger partial charge in [0.25, 0.3) is 10.1 Å². The van der Waals surface area contributed by atoms with Gasteiger partial charge in [0.2, 0.25) is 0 Å². The van der Waals surface area contributed by atoms with Crippen LogP contribution in [0.1, 0.15) is 35.0 Å². The number of rotatable bonds is 7. The van der Waals surface area contributed by atoms with E-state index in [0.717, 1.165) is 0 Å². The van der Waals surface area contributed by atoms with Crippen LogP contribution >= 0.6 is 0 Å². The molecule has 2 rings (SSSR count). The zero-order valence-corrected chi connectivity index (χ0v) is 14.7. The van der Waals surface area contributed by atoms with E-state index in [0.29, 0.717) is 22.0 Å². The number of aromatic amines is 1. The summed E-state index contributed by atoms with van der Waals surface area (Å²) >= 11 is 0. The molecular weight excluding hydrogens is 350 g/mol. The van der Waals surface area contributed by atoms with Gasteiger partial charge >= 0.3 is 11.9 Å². The Bertz CT molecular complexity index is 899. The molecule has 0 saturated carbocycles. The van der Waals surface area contributed by atoms with Gasteiger partial charge in [0.05, 0.1) is 13.7 Å². The number of esters is 2. The van der Waals surface area contributed by atoms with Crippen molar-refractivity contribution in [2.75, 3.05) is 13.7 Å². The molecule has 0 atom stereocenters. The van der Waals surface area contributed by atoms with E-state index in [4.69, 9.17) is 9.29 Å². The number of fused-ring (bicyclic) bond motifs is 1. The van der Waals surface area contributed by atoms with Crippen molar-refractivity contribution in [3.63, 3.8) is 0 Å². The quantitative estimate of drug-likeness (QED) is 0.564. The number of ether oxygens (including phenoxy) is 2. The topological polar surface area (TPSA) is 123 Å². The Labute approximate surface area is 144 Å². The van der Waals surface area contributed by atoms with E-state index in [1.54, 1.807) is 19.1 Å². The molecule has 1 aromatic carbocycles. The summed E-state index contributed by atoms with van der Waals surface area (Å²) in [6.07, 6.45) is 0.272. The molecule has 25 heavy (non-hydrogen) atoms. The summed E-state index contributed by atoms with van der Waals surface area (Å²) in [6, 6.07) is 4.71. The zero-order valence-electron chi connectivity index (χ0n) is 13.9. The van der Waals surface area contributed by atoms with Crippen molar-refractivity contribution in [1.82, 2.24) is 4.98 Å². The first-order valence-corrected chi connectivity index (χ1v) is 9.18. The number of carbonyl (C=O) groups excluding carboxylic acids is 2. The number of aromatic nitrogens is 1. The maximum absolute atomic E-state index is 12.2. The molecule has 0 unspecified atom stereocenters. The fourth-order valence-corrected chi connectivity index (χ4v) is 3.16. The lowest BCUT2D eigenvalue weighted by Gasteiger charge is -2.05. The lowest BCUT2D eigenvalue weighted by Crippen LogP contribution is -2.09. The molecule has 136 valence electrons. The second-order valence-electron chi connectivity index (χ2n) is 5.38. The first kappa shape index (κ1) is 18.9. The predicted molar refractivity (Wildman–Crippen MR) is 89.8 cm³/mol. The third kappa shape index (κ3) is 4.80. The van der Waals surface area contributed by atoms with E-state index in [9.17, 15) is 18.0 Å². The van der Waals surface area contributed by atoms with E-state index in [1.807, 2.05) is 0 Å². The number of benzene rings is 1. The molecule has 0 spiro atoms. The number of methoxy groups -OCH3 is 1. The average molecular weight is 369 g/mol. The summed E-state index contributed by atoms with van der Waals surface area (Å²) in [6.45, 7) is 1.87. The SMILES string of the molecule is CCOC(=O)c1[nH]c2ccc(CS(=O)(=O)O)cc2c1CCC(=O)OC. The Morgan fingerprint density at radius 3 is 2.60 bits per heavy atom. The molecule has 8 nitrogen and oxygen atoms in total. The first-order valence-electron chi connectivity index (χ1n) is 7.57. The summed E-state index contributed by atoms with van der Waals surface area (Å²) in [5, 5.41) is 0.591. The van der Waals surface area contributed by atoms with Crippen molar-refractivity contribution in [3.05, 3.63) is 35.0 Å². The van der Waals surface area contributed by atoms with E-state index < -0.39 is 27.8 Å². The van der Waals surface area contributed by atoms with Crippen LogP contribution in [0.3, 0.4) is 0 Å². The van der Waals surface area contributed by atoms with Crippen molar-refractivity contribution in [3.8, 4) is 0 Å². The fraction of sp³-hybridized carbons (Fsp3) is 0.375. The zero-order chi connectivity index (χ0) is 18.6. The monoisotopic (exact) mass is 369 g/mol. The van der Waals surface area contributed by atoms with Crippen LogP contribution in [0.25, 0.3) is 10.9 Å². The molecule has 0 bridgehead atoms. The molecule has 0 amide bonds. The van der Waals surface area contributed by atoms with Crippen LogP contribution in [-0.2, 0) is 36.6 Å². The summed E-state index contributed by atoms with van der Waals surface area (Å²) in [5.41, 5.74) is 1.71. The Balaban J connectivity index is 2.51. The van der Waals surface area contributed by atoms with E-state index in [1.165, 1.54) is 13.2 Å². The van der Waals surface area contributed by atoms with Crippen LogP contribution < -0.4 is 0 Å². The molecule has 2 N–H and O–H groups in total. The summed E-state index contributed by atoms with van der Waals surface area (Å²) < 4.78 is 40.8. The lowest BCUT2D eigenvalue weighted by molar-refractivity contribution is -0.140. The Morgan fingerprint density at radius 2 is 2.00 bits per heavy atom. The largest absolute Gasteiger partial charge is 0.469 e. The number of nitrogens with one attached hydrogen (secondary N) is 1. The Morgan fingerprint density at radius 1 is 1.28 bits per heavy atom. The van der Waals surface area contributed by atoms with Crippen molar-refractivity contribution >= 4 is 33.0 Å². The van der Waals surface area contributed by atoms with Gasteiger partial charge in [-0.05, 0) is 36.6 Å². The van der Waals surface area contributed by atoms with Gasteiger partial charge in [0.1, 0.15) is 11.4 Å². The first-order chi connectivity index (χ1) is 11.7. The highest BCUT2D eigenvalue weighted by Crippen LogP contribution is 2.26. The second kappa shape index (κ2) is 7.66. The highest BCUT2D eigenvalue weighted by Gasteiger charge is 2.20. The Kier molecular flexibility index (Phi) is 5.81. The van der Waals surface area contributed by atoms with Gasteiger partial charge in [-0.3, -0.25) is 9.35 Å². The van der Waals surface area contributed by atoms with Crippen LogP contribution in [0.2, 0.25) is 0 Å². The molecular formula is C16H19NO7S. The van der Waals surface area contributed by atoms with Crippen molar-refractivity contribution in [2.45, 2.75) is 25.5 Å². The highest BCUT2D eigenvalue weighted by atomic mass is 32.2. The van der Waals surface area contributed by atoms with E-state index in [2.05, 4.69) is 9.72 Å². The molecule has 2 aromatic rings. The van der Waals surface area contributed by atoms with Crippen LogP contribution in [0.15, 0.2) is 18.2 Å². The third-order valence-corrected chi connectivity index (χ3v) is 4.30. The molecule has 0 fully saturated rings. The highest BCUT2D eigenvalue weighted by molar-refractivity contribution is 7.85. The number of carbonyl (C=O) groups is 2. The van der Waals surface area contributed by atoms with Crippen molar-refractivity contribution in [1.29, 1.82) is 0 Å². The van der Waals surface area contributed by atoms with Gasteiger partial charge in [-0.15, -0.1) is 0 Å². The van der Waals surface area contributed by atoms with Crippen molar-refractivity contribution < 1.29 is 32.0 Å². The number of hydrogen-bond acceptors (Lipinski definition) is 6. The van der Waals surface area contributed by atoms with Crippen LogP contribution in [-0.4, -0.2) is 43.6 Å².